The number of amides is 1. The molecule has 0 aliphatic heterocycles. The standard InChI is InChI=1S/C21H29ClN2O/c1-13(18-3-5-19(22)6-4-18)23-14(2)20(25)24-21-10-15-7-16(11-21)9-17(8-15)12-21/h3-6,13-17,23H,7-12H2,1-2H3,(H,24,25)/t13-,14+,15?,16?,17?,21?/m1/s1. The molecule has 136 valence electrons. The zero-order valence-corrected chi connectivity index (χ0v) is 16.0. The first-order valence-corrected chi connectivity index (χ1v) is 10.1. The highest BCUT2D eigenvalue weighted by Crippen LogP contribution is 2.55. The molecule has 2 atom stereocenters. The summed E-state index contributed by atoms with van der Waals surface area (Å²) in [6, 6.07) is 7.76. The van der Waals surface area contributed by atoms with Gasteiger partial charge in [-0.2, -0.15) is 0 Å². The maximum atomic E-state index is 12.9. The fraction of sp³-hybridized carbons (Fsp3) is 0.667. The molecule has 0 spiro atoms. The highest BCUT2D eigenvalue weighted by Gasteiger charge is 2.51. The fourth-order valence-corrected chi connectivity index (χ4v) is 6.06. The molecule has 0 aromatic heterocycles. The number of hydrogen-bond acceptors (Lipinski definition) is 2. The van der Waals surface area contributed by atoms with Gasteiger partial charge >= 0.3 is 0 Å². The van der Waals surface area contributed by atoms with Gasteiger partial charge in [0, 0.05) is 16.6 Å². The average molecular weight is 361 g/mol. The number of rotatable bonds is 5. The first-order chi connectivity index (χ1) is 11.9. The summed E-state index contributed by atoms with van der Waals surface area (Å²) in [6.07, 6.45) is 7.79. The Hall–Kier alpha value is -1.06. The molecule has 0 radical (unpaired) electrons. The lowest BCUT2D eigenvalue weighted by Gasteiger charge is -2.57. The van der Waals surface area contributed by atoms with Gasteiger partial charge in [0.25, 0.3) is 0 Å². The second-order valence-electron chi connectivity index (χ2n) is 8.85. The fourth-order valence-electron chi connectivity index (χ4n) is 5.93. The van der Waals surface area contributed by atoms with E-state index in [-0.39, 0.29) is 23.5 Å². The van der Waals surface area contributed by atoms with E-state index in [2.05, 4.69) is 17.6 Å². The van der Waals surface area contributed by atoms with Crippen molar-refractivity contribution in [2.75, 3.05) is 0 Å². The largest absolute Gasteiger partial charge is 0.349 e. The van der Waals surface area contributed by atoms with E-state index in [0.29, 0.717) is 0 Å². The second-order valence-corrected chi connectivity index (χ2v) is 9.29. The number of carbonyl (C=O) groups is 1. The molecule has 25 heavy (non-hydrogen) atoms. The van der Waals surface area contributed by atoms with Crippen LogP contribution in [0.1, 0.15) is 64.0 Å². The topological polar surface area (TPSA) is 41.1 Å². The third-order valence-electron chi connectivity index (χ3n) is 6.69. The predicted octanol–water partition coefficient (Wildman–Crippen LogP) is 4.46. The minimum absolute atomic E-state index is 0.0886. The van der Waals surface area contributed by atoms with E-state index in [1.54, 1.807) is 0 Å². The zero-order chi connectivity index (χ0) is 17.6. The molecule has 4 heteroatoms. The molecule has 2 N–H and O–H groups in total. The van der Waals surface area contributed by atoms with Crippen LogP contribution in [0.25, 0.3) is 0 Å². The monoisotopic (exact) mass is 360 g/mol. The van der Waals surface area contributed by atoms with E-state index in [0.717, 1.165) is 28.3 Å². The normalized spacial score (nSPS) is 35.4. The molecule has 4 aliphatic carbocycles. The van der Waals surface area contributed by atoms with E-state index < -0.39 is 0 Å². The van der Waals surface area contributed by atoms with Gasteiger partial charge in [-0.15, -0.1) is 0 Å². The number of carbonyl (C=O) groups excluding carboxylic acids is 1. The maximum Gasteiger partial charge on any atom is 0.237 e. The van der Waals surface area contributed by atoms with Crippen molar-refractivity contribution < 1.29 is 4.79 Å². The summed E-state index contributed by atoms with van der Waals surface area (Å²) in [5, 5.41) is 7.65. The molecule has 5 rings (SSSR count). The predicted molar refractivity (Wildman–Crippen MR) is 102 cm³/mol. The van der Waals surface area contributed by atoms with Gasteiger partial charge in [-0.3, -0.25) is 10.1 Å². The molecule has 1 aromatic carbocycles. The van der Waals surface area contributed by atoms with Crippen LogP contribution in [0.15, 0.2) is 24.3 Å². The first kappa shape index (κ1) is 17.4. The van der Waals surface area contributed by atoms with Crippen molar-refractivity contribution in [1.29, 1.82) is 0 Å². The van der Waals surface area contributed by atoms with Crippen LogP contribution in [-0.2, 0) is 4.79 Å². The van der Waals surface area contributed by atoms with Gasteiger partial charge in [0.2, 0.25) is 5.91 Å². The van der Waals surface area contributed by atoms with E-state index in [1.807, 2.05) is 31.2 Å². The molecule has 1 amide bonds. The number of hydrogen-bond donors (Lipinski definition) is 2. The lowest BCUT2D eigenvalue weighted by molar-refractivity contribution is -0.128. The Bertz CT molecular complexity index is 607. The van der Waals surface area contributed by atoms with Gasteiger partial charge in [-0.25, -0.2) is 0 Å². The lowest BCUT2D eigenvalue weighted by atomic mass is 9.53. The Kier molecular flexibility index (Phi) is 4.57. The summed E-state index contributed by atoms with van der Waals surface area (Å²) >= 11 is 5.96. The van der Waals surface area contributed by atoms with Crippen LogP contribution in [-0.4, -0.2) is 17.5 Å². The van der Waals surface area contributed by atoms with Gasteiger partial charge in [-0.1, -0.05) is 23.7 Å². The van der Waals surface area contributed by atoms with Crippen LogP contribution in [0.3, 0.4) is 0 Å². The van der Waals surface area contributed by atoms with Crippen molar-refractivity contribution >= 4 is 17.5 Å². The molecule has 4 bridgehead atoms. The second kappa shape index (κ2) is 6.59. The summed E-state index contributed by atoms with van der Waals surface area (Å²) in [6.45, 7) is 4.07. The lowest BCUT2D eigenvalue weighted by Crippen LogP contribution is -2.62. The summed E-state index contributed by atoms with van der Waals surface area (Å²) in [4.78, 5) is 12.9. The summed E-state index contributed by atoms with van der Waals surface area (Å²) in [5.74, 6) is 2.70. The summed E-state index contributed by atoms with van der Waals surface area (Å²) < 4.78 is 0. The number of halogens is 1. The van der Waals surface area contributed by atoms with Crippen molar-refractivity contribution in [3.63, 3.8) is 0 Å². The van der Waals surface area contributed by atoms with E-state index in [4.69, 9.17) is 11.6 Å². The Morgan fingerprint density at radius 3 is 2.08 bits per heavy atom. The average Bonchev–Trinajstić information content (AvgIpc) is 2.53. The number of nitrogens with one attached hydrogen (secondary N) is 2. The Labute approximate surface area is 155 Å². The summed E-state index contributed by atoms with van der Waals surface area (Å²) in [5.41, 5.74) is 1.24. The van der Waals surface area contributed by atoms with Crippen molar-refractivity contribution in [2.45, 2.75) is 70.0 Å². The molecule has 4 aliphatic rings. The SMILES string of the molecule is C[C@H](N[C@H](C)c1ccc(Cl)cc1)C(=O)NC12CC3CC(CC(C3)C1)C2. The van der Waals surface area contributed by atoms with E-state index in [1.165, 1.54) is 38.5 Å². The van der Waals surface area contributed by atoms with Gasteiger partial charge in [0.05, 0.1) is 6.04 Å². The third-order valence-corrected chi connectivity index (χ3v) is 6.94. The molecule has 0 heterocycles. The van der Waals surface area contributed by atoms with Crippen LogP contribution in [0, 0.1) is 17.8 Å². The van der Waals surface area contributed by atoms with Gasteiger partial charge in [0.1, 0.15) is 0 Å². The maximum absolute atomic E-state index is 12.9. The van der Waals surface area contributed by atoms with Crippen LogP contribution in [0.5, 0.6) is 0 Å². The highest BCUT2D eigenvalue weighted by molar-refractivity contribution is 6.30. The van der Waals surface area contributed by atoms with Crippen molar-refractivity contribution in [2.24, 2.45) is 17.8 Å². The number of benzene rings is 1. The van der Waals surface area contributed by atoms with Gasteiger partial charge < -0.3 is 5.32 Å². The van der Waals surface area contributed by atoms with Crippen molar-refractivity contribution in [3.8, 4) is 0 Å². The van der Waals surface area contributed by atoms with Gasteiger partial charge in [-0.05, 0) is 87.8 Å². The minimum Gasteiger partial charge on any atom is -0.349 e. The molecular weight excluding hydrogens is 332 g/mol. The van der Waals surface area contributed by atoms with Gasteiger partial charge in [0.15, 0.2) is 0 Å². The molecule has 4 fully saturated rings. The minimum atomic E-state index is -0.196. The van der Waals surface area contributed by atoms with Crippen molar-refractivity contribution in [3.05, 3.63) is 34.9 Å². The Balaban J connectivity index is 1.37. The zero-order valence-electron chi connectivity index (χ0n) is 15.2. The molecule has 3 nitrogen and oxygen atoms in total. The third kappa shape index (κ3) is 3.59. The molecule has 1 aromatic rings. The molecule has 4 saturated carbocycles. The molecule has 0 saturated heterocycles. The summed E-state index contributed by atoms with van der Waals surface area (Å²) in [7, 11) is 0. The van der Waals surface area contributed by atoms with E-state index in [9.17, 15) is 4.79 Å². The van der Waals surface area contributed by atoms with Crippen molar-refractivity contribution in [1.82, 2.24) is 10.6 Å². The van der Waals surface area contributed by atoms with E-state index >= 15 is 0 Å². The van der Waals surface area contributed by atoms with Crippen LogP contribution >= 0.6 is 11.6 Å². The Morgan fingerprint density at radius 1 is 1.04 bits per heavy atom. The van der Waals surface area contributed by atoms with Crippen LogP contribution in [0.2, 0.25) is 5.02 Å². The van der Waals surface area contributed by atoms with Crippen LogP contribution < -0.4 is 10.6 Å². The highest BCUT2D eigenvalue weighted by atomic mass is 35.5. The molecule has 0 unspecified atom stereocenters. The Morgan fingerprint density at radius 2 is 1.56 bits per heavy atom. The molecular formula is C21H29ClN2O. The first-order valence-electron chi connectivity index (χ1n) is 9.76. The smallest absolute Gasteiger partial charge is 0.237 e. The quantitative estimate of drug-likeness (QED) is 0.813. The van der Waals surface area contributed by atoms with Crippen LogP contribution in [0.4, 0.5) is 0 Å².